The number of aldehydes is 1. The van der Waals surface area contributed by atoms with Crippen LogP contribution in [-0.4, -0.2) is 10.9 Å². The summed E-state index contributed by atoms with van der Waals surface area (Å²) >= 11 is 0. The second kappa shape index (κ2) is 4.69. The molecule has 0 amide bonds. The number of aromatic nitrogens is 1. The van der Waals surface area contributed by atoms with Gasteiger partial charge in [0.05, 0.1) is 11.0 Å². The molecule has 0 unspecified atom stereocenters. The van der Waals surface area contributed by atoms with Crippen molar-refractivity contribution in [3.05, 3.63) is 58.8 Å². The van der Waals surface area contributed by atoms with Crippen LogP contribution in [0.4, 0.5) is 0 Å². The summed E-state index contributed by atoms with van der Waals surface area (Å²) in [6.07, 6.45) is 1.35. The number of carbonyl (C=O) groups is 1. The molecule has 0 fully saturated rings. The standard InChI is InChI=1S/C16H13NO2/c18-11-5-10-17-14-8-3-1-6-12(14)16(19)13-7-2-4-9-15(13)17/h1-4,6-9,11H,5,10H2. The van der Waals surface area contributed by atoms with E-state index < -0.39 is 0 Å². The van der Waals surface area contributed by atoms with Gasteiger partial charge in [-0.15, -0.1) is 0 Å². The molecule has 3 nitrogen and oxygen atoms in total. The molecule has 94 valence electrons. The minimum absolute atomic E-state index is 0.0496. The number of para-hydroxylation sites is 2. The van der Waals surface area contributed by atoms with E-state index in [0.717, 1.165) is 17.3 Å². The molecule has 3 heteroatoms. The van der Waals surface area contributed by atoms with E-state index in [9.17, 15) is 9.59 Å². The van der Waals surface area contributed by atoms with Crippen LogP contribution in [0.2, 0.25) is 0 Å². The van der Waals surface area contributed by atoms with Crippen LogP contribution in [0.5, 0.6) is 0 Å². The van der Waals surface area contributed by atoms with Crippen molar-refractivity contribution in [3.8, 4) is 0 Å². The van der Waals surface area contributed by atoms with E-state index >= 15 is 0 Å². The van der Waals surface area contributed by atoms with Crippen LogP contribution < -0.4 is 5.43 Å². The molecule has 0 bridgehead atoms. The zero-order chi connectivity index (χ0) is 13.2. The fourth-order valence-corrected chi connectivity index (χ4v) is 2.50. The third-order valence-corrected chi connectivity index (χ3v) is 3.35. The number of benzene rings is 2. The van der Waals surface area contributed by atoms with E-state index in [2.05, 4.69) is 0 Å². The summed E-state index contributed by atoms with van der Waals surface area (Å²) in [5, 5.41) is 1.40. The van der Waals surface area contributed by atoms with Crippen LogP contribution in [0.3, 0.4) is 0 Å². The average Bonchev–Trinajstić information content (AvgIpc) is 2.47. The first kappa shape index (κ1) is 11.7. The molecule has 0 aliphatic heterocycles. The first-order chi connectivity index (χ1) is 9.33. The number of carbonyl (C=O) groups excluding carboxylic acids is 1. The van der Waals surface area contributed by atoms with Gasteiger partial charge in [0, 0.05) is 23.7 Å². The van der Waals surface area contributed by atoms with Crippen LogP contribution in [-0.2, 0) is 11.3 Å². The highest BCUT2D eigenvalue weighted by molar-refractivity contribution is 5.93. The number of pyridine rings is 1. The molecule has 1 aromatic heterocycles. The Balaban J connectivity index is 2.48. The normalized spacial score (nSPS) is 10.9. The smallest absolute Gasteiger partial charge is 0.197 e. The molecule has 0 saturated carbocycles. The first-order valence-electron chi connectivity index (χ1n) is 6.27. The maximum absolute atomic E-state index is 12.4. The summed E-state index contributed by atoms with van der Waals surface area (Å²) in [6.45, 7) is 0.588. The van der Waals surface area contributed by atoms with Gasteiger partial charge in [0.2, 0.25) is 0 Å². The monoisotopic (exact) mass is 251 g/mol. The van der Waals surface area contributed by atoms with E-state index in [1.807, 2.05) is 53.1 Å². The van der Waals surface area contributed by atoms with Crippen molar-refractivity contribution in [1.82, 2.24) is 4.57 Å². The SMILES string of the molecule is O=CCCn1c2ccccc2c(=O)c2ccccc21. The van der Waals surface area contributed by atoms with Gasteiger partial charge in [0.25, 0.3) is 0 Å². The molecule has 0 aliphatic carbocycles. The quantitative estimate of drug-likeness (QED) is 0.530. The second-order valence-electron chi connectivity index (χ2n) is 4.47. The number of hydrogen-bond acceptors (Lipinski definition) is 2. The Labute approximate surface area is 110 Å². The molecule has 1 heterocycles. The van der Waals surface area contributed by atoms with Crippen LogP contribution >= 0.6 is 0 Å². The Morgan fingerprint density at radius 3 is 1.95 bits per heavy atom. The Bertz CT molecular complexity index is 758. The van der Waals surface area contributed by atoms with Gasteiger partial charge in [-0.05, 0) is 24.3 Å². The van der Waals surface area contributed by atoms with E-state index in [1.165, 1.54) is 0 Å². The largest absolute Gasteiger partial charge is 0.340 e. The molecule has 2 aromatic carbocycles. The minimum Gasteiger partial charge on any atom is -0.340 e. The number of aryl methyl sites for hydroxylation is 1. The van der Waals surface area contributed by atoms with Gasteiger partial charge in [-0.25, -0.2) is 0 Å². The van der Waals surface area contributed by atoms with E-state index in [0.29, 0.717) is 23.7 Å². The summed E-state index contributed by atoms with van der Waals surface area (Å²) in [5.41, 5.74) is 1.81. The zero-order valence-corrected chi connectivity index (χ0v) is 10.4. The van der Waals surface area contributed by atoms with Crippen molar-refractivity contribution in [2.24, 2.45) is 0 Å². The fourth-order valence-electron chi connectivity index (χ4n) is 2.50. The third-order valence-electron chi connectivity index (χ3n) is 3.35. The molecular weight excluding hydrogens is 238 g/mol. The van der Waals surface area contributed by atoms with Gasteiger partial charge in [-0.1, -0.05) is 24.3 Å². The topological polar surface area (TPSA) is 39.1 Å². The van der Waals surface area contributed by atoms with Crippen molar-refractivity contribution in [2.75, 3.05) is 0 Å². The maximum atomic E-state index is 12.4. The molecule has 3 aromatic rings. The van der Waals surface area contributed by atoms with Gasteiger partial charge in [-0.3, -0.25) is 4.79 Å². The van der Waals surface area contributed by atoms with Crippen molar-refractivity contribution in [2.45, 2.75) is 13.0 Å². The second-order valence-corrected chi connectivity index (χ2v) is 4.47. The Kier molecular flexibility index (Phi) is 2.88. The number of rotatable bonds is 3. The lowest BCUT2D eigenvalue weighted by Crippen LogP contribution is -2.11. The highest BCUT2D eigenvalue weighted by Gasteiger charge is 2.09. The number of fused-ring (bicyclic) bond motifs is 2. The molecule has 0 atom stereocenters. The molecular formula is C16H13NO2. The lowest BCUT2D eigenvalue weighted by Gasteiger charge is -2.13. The van der Waals surface area contributed by atoms with Crippen LogP contribution in [0.15, 0.2) is 53.3 Å². The van der Waals surface area contributed by atoms with E-state index in [1.54, 1.807) is 0 Å². The van der Waals surface area contributed by atoms with Crippen molar-refractivity contribution in [1.29, 1.82) is 0 Å². The highest BCUT2D eigenvalue weighted by atomic mass is 16.1. The summed E-state index contributed by atoms with van der Waals surface area (Å²) in [7, 11) is 0. The van der Waals surface area contributed by atoms with Crippen molar-refractivity contribution in [3.63, 3.8) is 0 Å². The Morgan fingerprint density at radius 1 is 0.895 bits per heavy atom. The molecule has 3 rings (SSSR count). The van der Waals surface area contributed by atoms with E-state index in [-0.39, 0.29) is 5.43 Å². The fraction of sp³-hybridized carbons (Fsp3) is 0.125. The molecule has 0 spiro atoms. The van der Waals surface area contributed by atoms with Gasteiger partial charge < -0.3 is 9.36 Å². The third kappa shape index (κ3) is 1.83. The van der Waals surface area contributed by atoms with Crippen LogP contribution in [0.1, 0.15) is 6.42 Å². The average molecular weight is 251 g/mol. The van der Waals surface area contributed by atoms with Crippen molar-refractivity contribution < 1.29 is 4.79 Å². The predicted octanol–water partition coefficient (Wildman–Crippen LogP) is 2.74. The molecule has 0 N–H and O–H groups in total. The lowest BCUT2D eigenvalue weighted by atomic mass is 10.1. The van der Waals surface area contributed by atoms with Crippen LogP contribution in [0.25, 0.3) is 21.8 Å². The Morgan fingerprint density at radius 2 is 1.42 bits per heavy atom. The van der Waals surface area contributed by atoms with Gasteiger partial charge >= 0.3 is 0 Å². The van der Waals surface area contributed by atoms with Crippen LogP contribution in [0, 0.1) is 0 Å². The van der Waals surface area contributed by atoms with Crippen molar-refractivity contribution >= 4 is 28.1 Å². The predicted molar refractivity (Wildman–Crippen MR) is 76.4 cm³/mol. The first-order valence-corrected chi connectivity index (χ1v) is 6.27. The summed E-state index contributed by atoms with van der Waals surface area (Å²) in [6, 6.07) is 15.1. The maximum Gasteiger partial charge on any atom is 0.197 e. The van der Waals surface area contributed by atoms with Gasteiger partial charge in [0.15, 0.2) is 5.43 Å². The number of nitrogens with zero attached hydrogens (tertiary/aromatic N) is 1. The molecule has 19 heavy (non-hydrogen) atoms. The van der Waals surface area contributed by atoms with E-state index in [4.69, 9.17) is 0 Å². The summed E-state index contributed by atoms with van der Waals surface area (Å²) < 4.78 is 2.04. The Hall–Kier alpha value is -2.42. The minimum atomic E-state index is 0.0496. The highest BCUT2D eigenvalue weighted by Crippen LogP contribution is 2.19. The zero-order valence-electron chi connectivity index (χ0n) is 10.4. The summed E-state index contributed by atoms with van der Waals surface area (Å²) in [5.74, 6) is 0. The molecule has 0 aliphatic rings. The lowest BCUT2D eigenvalue weighted by molar-refractivity contribution is -0.108. The molecule has 0 saturated heterocycles. The molecule has 0 radical (unpaired) electrons. The van der Waals surface area contributed by atoms with Gasteiger partial charge in [-0.2, -0.15) is 0 Å². The van der Waals surface area contributed by atoms with Gasteiger partial charge in [0.1, 0.15) is 6.29 Å². The number of hydrogen-bond donors (Lipinski definition) is 0. The summed E-state index contributed by atoms with van der Waals surface area (Å²) in [4.78, 5) is 23.1.